The maximum Gasteiger partial charge on any atom is 0.416 e. The van der Waals surface area contributed by atoms with E-state index in [1.165, 1.54) is 42.7 Å². The number of aromatic nitrogens is 3. The predicted octanol–water partition coefficient (Wildman–Crippen LogP) is 3.95. The van der Waals surface area contributed by atoms with E-state index in [0.717, 1.165) is 12.1 Å². The van der Waals surface area contributed by atoms with Crippen molar-refractivity contribution in [3.63, 3.8) is 0 Å². The largest absolute Gasteiger partial charge is 0.496 e. The number of rotatable bonds is 5. The van der Waals surface area contributed by atoms with E-state index < -0.39 is 17.6 Å². The van der Waals surface area contributed by atoms with Crippen LogP contribution in [0.15, 0.2) is 61.2 Å². The number of para-hydroxylation sites is 1. The van der Waals surface area contributed by atoms with Gasteiger partial charge in [-0.3, -0.25) is 4.79 Å². The lowest BCUT2D eigenvalue weighted by molar-refractivity contribution is -0.137. The van der Waals surface area contributed by atoms with E-state index >= 15 is 0 Å². The summed E-state index contributed by atoms with van der Waals surface area (Å²) in [6.45, 7) is 0. The molecule has 9 heteroatoms. The first kappa shape index (κ1) is 19.2. The SMILES string of the molecule is COc1ccccc1/C=C/C(=O)Nc1cc(C(F)(F)F)ccc1-n1cncn1. The Morgan fingerprint density at radius 1 is 1.21 bits per heavy atom. The van der Waals surface area contributed by atoms with Gasteiger partial charge in [0.1, 0.15) is 18.4 Å². The van der Waals surface area contributed by atoms with Crippen LogP contribution in [0.1, 0.15) is 11.1 Å². The number of hydrogen-bond donors (Lipinski definition) is 1. The smallest absolute Gasteiger partial charge is 0.416 e. The van der Waals surface area contributed by atoms with Gasteiger partial charge in [0.2, 0.25) is 5.91 Å². The van der Waals surface area contributed by atoms with Gasteiger partial charge in [-0.25, -0.2) is 9.67 Å². The Hall–Kier alpha value is -3.62. The molecule has 0 aliphatic heterocycles. The molecule has 0 saturated heterocycles. The lowest BCUT2D eigenvalue weighted by atomic mass is 10.1. The minimum absolute atomic E-state index is 0.0463. The third kappa shape index (κ3) is 4.37. The van der Waals surface area contributed by atoms with Gasteiger partial charge < -0.3 is 10.1 Å². The van der Waals surface area contributed by atoms with E-state index in [2.05, 4.69) is 15.4 Å². The van der Waals surface area contributed by atoms with Crippen molar-refractivity contribution in [3.05, 3.63) is 72.3 Å². The molecule has 0 aliphatic rings. The number of carbonyl (C=O) groups is 1. The topological polar surface area (TPSA) is 69.0 Å². The summed E-state index contributed by atoms with van der Waals surface area (Å²) in [5, 5.41) is 6.36. The monoisotopic (exact) mass is 388 g/mol. The maximum absolute atomic E-state index is 13.1. The number of alkyl halides is 3. The van der Waals surface area contributed by atoms with Crippen LogP contribution in [0.4, 0.5) is 18.9 Å². The average Bonchev–Trinajstić information content (AvgIpc) is 3.20. The molecule has 1 amide bonds. The lowest BCUT2D eigenvalue weighted by Gasteiger charge is -2.13. The van der Waals surface area contributed by atoms with Crippen LogP contribution in [-0.4, -0.2) is 27.8 Å². The molecule has 3 aromatic rings. The van der Waals surface area contributed by atoms with Crippen molar-refractivity contribution in [3.8, 4) is 11.4 Å². The van der Waals surface area contributed by atoms with Crippen LogP contribution in [-0.2, 0) is 11.0 Å². The minimum atomic E-state index is -4.55. The first-order chi connectivity index (χ1) is 13.4. The Labute approximate surface area is 158 Å². The Bertz CT molecular complexity index is 999. The number of benzene rings is 2. The highest BCUT2D eigenvalue weighted by Crippen LogP contribution is 2.33. The molecule has 0 bridgehead atoms. The number of hydrogen-bond acceptors (Lipinski definition) is 4. The van der Waals surface area contributed by atoms with Crippen molar-refractivity contribution < 1.29 is 22.7 Å². The highest BCUT2D eigenvalue weighted by atomic mass is 19.4. The van der Waals surface area contributed by atoms with E-state index in [1.54, 1.807) is 24.3 Å². The Kier molecular flexibility index (Phi) is 5.44. The fourth-order valence-electron chi connectivity index (χ4n) is 2.49. The molecule has 0 atom stereocenters. The third-order valence-electron chi connectivity index (χ3n) is 3.80. The molecule has 144 valence electrons. The second-order valence-electron chi connectivity index (χ2n) is 5.63. The molecule has 3 rings (SSSR count). The third-order valence-corrected chi connectivity index (χ3v) is 3.80. The van der Waals surface area contributed by atoms with E-state index in [1.807, 2.05) is 0 Å². The highest BCUT2D eigenvalue weighted by Gasteiger charge is 2.31. The molecule has 1 aromatic heterocycles. The van der Waals surface area contributed by atoms with Crippen molar-refractivity contribution in [1.82, 2.24) is 14.8 Å². The lowest BCUT2D eigenvalue weighted by Crippen LogP contribution is -2.13. The summed E-state index contributed by atoms with van der Waals surface area (Å²) >= 11 is 0. The van der Waals surface area contributed by atoms with Crippen LogP contribution in [0.2, 0.25) is 0 Å². The molecule has 2 aromatic carbocycles. The van der Waals surface area contributed by atoms with Crippen molar-refractivity contribution in [1.29, 1.82) is 0 Å². The number of nitrogens with one attached hydrogen (secondary N) is 1. The first-order valence-corrected chi connectivity index (χ1v) is 8.07. The molecule has 0 unspecified atom stereocenters. The molecule has 28 heavy (non-hydrogen) atoms. The van der Waals surface area contributed by atoms with Gasteiger partial charge in [0, 0.05) is 11.6 Å². The fourth-order valence-corrected chi connectivity index (χ4v) is 2.49. The molecule has 0 saturated carbocycles. The number of anilines is 1. The highest BCUT2D eigenvalue weighted by molar-refractivity contribution is 6.03. The maximum atomic E-state index is 13.1. The van der Waals surface area contributed by atoms with Crippen LogP contribution < -0.4 is 10.1 Å². The molecule has 0 aliphatic carbocycles. The summed E-state index contributed by atoms with van der Waals surface area (Å²) < 4.78 is 45.6. The quantitative estimate of drug-likeness (QED) is 0.672. The van der Waals surface area contributed by atoms with Crippen LogP contribution in [0.25, 0.3) is 11.8 Å². The van der Waals surface area contributed by atoms with Crippen molar-refractivity contribution in [2.24, 2.45) is 0 Å². The zero-order valence-electron chi connectivity index (χ0n) is 14.6. The number of methoxy groups -OCH3 is 1. The molecule has 0 spiro atoms. The molecular weight excluding hydrogens is 373 g/mol. The van der Waals surface area contributed by atoms with Crippen LogP contribution in [0.3, 0.4) is 0 Å². The fraction of sp³-hybridized carbons (Fsp3) is 0.105. The summed E-state index contributed by atoms with van der Waals surface area (Å²) in [5.74, 6) is -0.0412. The Morgan fingerprint density at radius 3 is 2.68 bits per heavy atom. The molecule has 1 N–H and O–H groups in total. The van der Waals surface area contributed by atoms with E-state index in [-0.39, 0.29) is 11.4 Å². The van der Waals surface area contributed by atoms with Gasteiger partial charge >= 0.3 is 6.18 Å². The van der Waals surface area contributed by atoms with Crippen LogP contribution >= 0.6 is 0 Å². The normalized spacial score (nSPS) is 11.6. The van der Waals surface area contributed by atoms with Gasteiger partial charge in [0.05, 0.1) is 24.0 Å². The molecule has 6 nitrogen and oxygen atoms in total. The van der Waals surface area contributed by atoms with Gasteiger partial charge in [-0.05, 0) is 30.3 Å². The predicted molar refractivity (Wildman–Crippen MR) is 97.0 cm³/mol. The second-order valence-corrected chi connectivity index (χ2v) is 5.63. The number of ether oxygens (including phenoxy) is 1. The van der Waals surface area contributed by atoms with E-state index in [0.29, 0.717) is 11.3 Å². The van der Waals surface area contributed by atoms with Crippen molar-refractivity contribution in [2.45, 2.75) is 6.18 Å². The van der Waals surface area contributed by atoms with Gasteiger partial charge in [-0.1, -0.05) is 18.2 Å². The first-order valence-electron chi connectivity index (χ1n) is 8.07. The summed E-state index contributed by atoms with van der Waals surface area (Å²) in [7, 11) is 1.50. The Balaban J connectivity index is 1.89. The van der Waals surface area contributed by atoms with E-state index in [4.69, 9.17) is 4.74 Å². The van der Waals surface area contributed by atoms with Gasteiger partial charge in [-0.15, -0.1) is 0 Å². The number of amides is 1. The minimum Gasteiger partial charge on any atom is -0.496 e. The average molecular weight is 388 g/mol. The Morgan fingerprint density at radius 2 is 2.00 bits per heavy atom. The zero-order valence-corrected chi connectivity index (χ0v) is 14.6. The van der Waals surface area contributed by atoms with Crippen LogP contribution in [0, 0.1) is 0 Å². The van der Waals surface area contributed by atoms with Gasteiger partial charge in [0.15, 0.2) is 0 Å². The molecule has 0 fully saturated rings. The standard InChI is InChI=1S/C19H15F3N4O2/c1-28-17-5-3-2-4-13(17)6-9-18(27)25-15-10-14(19(20,21)22)7-8-16(15)26-12-23-11-24-26/h2-12H,1H3,(H,25,27)/b9-6+. The number of carbonyl (C=O) groups excluding carboxylic acids is 1. The summed E-state index contributed by atoms with van der Waals surface area (Å²) in [6.07, 6.45) is 0.738. The van der Waals surface area contributed by atoms with Gasteiger partial charge in [0.25, 0.3) is 0 Å². The molecule has 1 heterocycles. The molecule has 0 radical (unpaired) electrons. The summed E-state index contributed by atoms with van der Waals surface area (Å²) in [5.41, 5.74) is -0.0272. The van der Waals surface area contributed by atoms with E-state index in [9.17, 15) is 18.0 Å². The van der Waals surface area contributed by atoms with Crippen molar-refractivity contribution in [2.75, 3.05) is 12.4 Å². The van der Waals surface area contributed by atoms with Crippen molar-refractivity contribution >= 4 is 17.7 Å². The zero-order chi connectivity index (χ0) is 20.1. The molecular formula is C19H15F3N4O2. The number of nitrogens with zero attached hydrogens (tertiary/aromatic N) is 3. The number of halogens is 3. The van der Waals surface area contributed by atoms with Gasteiger partial charge in [-0.2, -0.15) is 18.3 Å². The van der Waals surface area contributed by atoms with Crippen LogP contribution in [0.5, 0.6) is 5.75 Å². The summed E-state index contributed by atoms with van der Waals surface area (Å²) in [4.78, 5) is 16.1. The second kappa shape index (κ2) is 7.95. The summed E-state index contributed by atoms with van der Waals surface area (Å²) in [6, 6.07) is 10.0.